The molecule has 0 aliphatic rings. The van der Waals surface area contributed by atoms with Crippen LogP contribution in [0.25, 0.3) is 0 Å². The molecule has 2 heteroatoms. The number of rotatable bonds is 7. The van der Waals surface area contributed by atoms with Gasteiger partial charge in [-0.25, -0.2) is 0 Å². The minimum absolute atomic E-state index is 0.575. The summed E-state index contributed by atoms with van der Waals surface area (Å²) in [5.74, 6) is 0. The largest absolute Gasteiger partial charge is 0.388 e. The molecule has 0 radical (unpaired) electrons. The summed E-state index contributed by atoms with van der Waals surface area (Å²) in [4.78, 5) is 0. The van der Waals surface area contributed by atoms with E-state index >= 15 is 0 Å². The molecule has 0 atom stereocenters. The third-order valence-electron chi connectivity index (χ3n) is 1.60. The second kappa shape index (κ2) is 7.17. The van der Waals surface area contributed by atoms with Crippen LogP contribution < -0.4 is 10.6 Å². The summed E-state index contributed by atoms with van der Waals surface area (Å²) >= 11 is 0. The van der Waals surface area contributed by atoms with Gasteiger partial charge in [0.2, 0.25) is 0 Å². The summed E-state index contributed by atoms with van der Waals surface area (Å²) in [6.07, 6.45) is 2.26. The number of nitrogens with one attached hydrogen (secondary N) is 2. The van der Waals surface area contributed by atoms with Crippen molar-refractivity contribution in [2.45, 2.75) is 39.7 Å². The van der Waals surface area contributed by atoms with Gasteiger partial charge in [-0.2, -0.15) is 0 Å². The van der Waals surface area contributed by atoms with Gasteiger partial charge in [0.1, 0.15) is 0 Å². The Morgan fingerprint density at radius 1 is 1.33 bits per heavy atom. The Hall–Kier alpha value is -0.500. The molecule has 0 heterocycles. The monoisotopic (exact) mass is 170 g/mol. The molecule has 12 heavy (non-hydrogen) atoms. The van der Waals surface area contributed by atoms with Crippen LogP contribution in [0.4, 0.5) is 0 Å². The Morgan fingerprint density at radius 2 is 2.00 bits per heavy atom. The summed E-state index contributed by atoms with van der Waals surface area (Å²) in [6, 6.07) is 0.575. The van der Waals surface area contributed by atoms with Crippen molar-refractivity contribution in [1.29, 1.82) is 0 Å². The van der Waals surface area contributed by atoms with E-state index in [2.05, 4.69) is 38.0 Å². The van der Waals surface area contributed by atoms with Gasteiger partial charge in [-0.15, -0.1) is 0 Å². The first kappa shape index (κ1) is 11.5. The third kappa shape index (κ3) is 7.61. The average molecular weight is 170 g/mol. The first-order chi connectivity index (χ1) is 5.66. The Kier molecular flexibility index (Phi) is 6.87. The smallest absolute Gasteiger partial charge is 0.0269 e. The van der Waals surface area contributed by atoms with Crippen molar-refractivity contribution in [3.05, 3.63) is 12.3 Å². The van der Waals surface area contributed by atoms with E-state index in [0.29, 0.717) is 6.04 Å². The highest BCUT2D eigenvalue weighted by Gasteiger charge is 1.92. The molecule has 0 aliphatic carbocycles. The molecule has 0 aromatic rings. The van der Waals surface area contributed by atoms with E-state index < -0.39 is 0 Å². The maximum absolute atomic E-state index is 3.92. The molecule has 0 fully saturated rings. The molecule has 0 amide bonds. The van der Waals surface area contributed by atoms with Gasteiger partial charge >= 0.3 is 0 Å². The van der Waals surface area contributed by atoms with E-state index in [1.165, 1.54) is 6.42 Å². The van der Waals surface area contributed by atoms with Crippen molar-refractivity contribution in [3.8, 4) is 0 Å². The average Bonchev–Trinajstić information content (AvgIpc) is 1.98. The highest BCUT2D eigenvalue weighted by molar-refractivity contribution is 4.90. The molecule has 0 unspecified atom stereocenters. The lowest BCUT2D eigenvalue weighted by Gasteiger charge is -2.10. The summed E-state index contributed by atoms with van der Waals surface area (Å²) in [5, 5.41) is 6.62. The molecule has 0 bridgehead atoms. The van der Waals surface area contributed by atoms with E-state index in [1.807, 2.05) is 0 Å². The van der Waals surface area contributed by atoms with Gasteiger partial charge in [0.25, 0.3) is 0 Å². The van der Waals surface area contributed by atoms with Gasteiger partial charge in [-0.3, -0.25) is 0 Å². The van der Waals surface area contributed by atoms with Crippen LogP contribution in [-0.4, -0.2) is 19.1 Å². The fourth-order valence-electron chi connectivity index (χ4n) is 0.990. The zero-order chi connectivity index (χ0) is 9.40. The van der Waals surface area contributed by atoms with Gasteiger partial charge in [0.05, 0.1) is 0 Å². The maximum atomic E-state index is 3.92. The molecule has 0 saturated carbocycles. The lowest BCUT2D eigenvalue weighted by Crippen LogP contribution is -2.31. The highest BCUT2D eigenvalue weighted by atomic mass is 15.0. The highest BCUT2D eigenvalue weighted by Crippen LogP contribution is 1.95. The van der Waals surface area contributed by atoms with Crippen LogP contribution >= 0.6 is 0 Å². The van der Waals surface area contributed by atoms with Gasteiger partial charge < -0.3 is 10.6 Å². The van der Waals surface area contributed by atoms with Crippen LogP contribution in [0, 0.1) is 0 Å². The summed E-state index contributed by atoms with van der Waals surface area (Å²) in [6.45, 7) is 12.4. The molecule has 72 valence electrons. The lowest BCUT2D eigenvalue weighted by atomic mass is 10.3. The maximum Gasteiger partial charge on any atom is 0.0269 e. The van der Waals surface area contributed by atoms with Gasteiger partial charge in [0.15, 0.2) is 0 Å². The summed E-state index contributed by atoms with van der Waals surface area (Å²) in [7, 11) is 0. The zero-order valence-corrected chi connectivity index (χ0v) is 8.61. The molecule has 0 rings (SSSR count). The molecular formula is C10H22N2. The van der Waals surface area contributed by atoms with Crippen molar-refractivity contribution in [2.24, 2.45) is 0 Å². The number of hydrogen-bond acceptors (Lipinski definition) is 2. The van der Waals surface area contributed by atoms with Crippen molar-refractivity contribution in [1.82, 2.24) is 10.6 Å². The molecule has 2 N–H and O–H groups in total. The summed E-state index contributed by atoms with van der Waals surface area (Å²) < 4.78 is 0. The Labute approximate surface area is 76.4 Å². The Bertz CT molecular complexity index is 119. The second-order valence-electron chi connectivity index (χ2n) is 3.39. The van der Waals surface area contributed by atoms with Crippen molar-refractivity contribution in [3.63, 3.8) is 0 Å². The van der Waals surface area contributed by atoms with Crippen molar-refractivity contribution in [2.75, 3.05) is 13.1 Å². The first-order valence-corrected chi connectivity index (χ1v) is 4.81. The van der Waals surface area contributed by atoms with Gasteiger partial charge in [-0.05, 0) is 6.42 Å². The van der Waals surface area contributed by atoms with Crippen molar-refractivity contribution >= 4 is 0 Å². The van der Waals surface area contributed by atoms with Crippen LogP contribution in [-0.2, 0) is 0 Å². The van der Waals surface area contributed by atoms with E-state index in [0.717, 1.165) is 25.2 Å². The van der Waals surface area contributed by atoms with E-state index in [9.17, 15) is 0 Å². The van der Waals surface area contributed by atoms with Crippen LogP contribution in [0.3, 0.4) is 0 Å². The molecule has 0 aliphatic heterocycles. The second-order valence-corrected chi connectivity index (χ2v) is 3.39. The molecule has 0 aromatic heterocycles. The Morgan fingerprint density at radius 3 is 2.50 bits per heavy atom. The third-order valence-corrected chi connectivity index (χ3v) is 1.60. The lowest BCUT2D eigenvalue weighted by molar-refractivity contribution is 0.570. The van der Waals surface area contributed by atoms with E-state index in [4.69, 9.17) is 0 Å². The molecule has 2 nitrogen and oxygen atoms in total. The van der Waals surface area contributed by atoms with Crippen LogP contribution in [0.15, 0.2) is 12.3 Å². The predicted octanol–water partition coefficient (Wildman–Crippen LogP) is 1.89. The first-order valence-electron chi connectivity index (χ1n) is 4.81. The van der Waals surface area contributed by atoms with Crippen LogP contribution in [0.5, 0.6) is 0 Å². The molecule has 0 spiro atoms. The van der Waals surface area contributed by atoms with Gasteiger partial charge in [0, 0.05) is 24.8 Å². The quantitative estimate of drug-likeness (QED) is 0.570. The van der Waals surface area contributed by atoms with Crippen LogP contribution in [0.1, 0.15) is 33.6 Å². The number of allylic oxidation sites excluding steroid dienone is 1. The van der Waals surface area contributed by atoms with Crippen LogP contribution in [0.2, 0.25) is 0 Å². The fourth-order valence-corrected chi connectivity index (χ4v) is 0.990. The predicted molar refractivity (Wildman–Crippen MR) is 55.2 cm³/mol. The van der Waals surface area contributed by atoms with Gasteiger partial charge in [-0.1, -0.05) is 33.8 Å². The fraction of sp³-hybridized carbons (Fsp3) is 0.800. The normalized spacial score (nSPS) is 10.3. The number of hydrogen-bond donors (Lipinski definition) is 2. The van der Waals surface area contributed by atoms with Crippen molar-refractivity contribution < 1.29 is 0 Å². The minimum atomic E-state index is 0.575. The Balaban J connectivity index is 3.14. The molecule has 0 aromatic carbocycles. The van der Waals surface area contributed by atoms with E-state index in [1.54, 1.807) is 0 Å². The zero-order valence-electron chi connectivity index (χ0n) is 8.61. The topological polar surface area (TPSA) is 24.1 Å². The van der Waals surface area contributed by atoms with E-state index in [-0.39, 0.29) is 0 Å². The minimum Gasteiger partial charge on any atom is -0.388 e. The standard InChI is InChI=1S/C10H22N2/c1-5-6-10(4)12-8-7-11-9(2)3/h9,11-12H,4-8H2,1-3H3. The molecule has 0 saturated heterocycles. The SMILES string of the molecule is C=C(CCC)NCCNC(C)C. The summed E-state index contributed by atoms with van der Waals surface area (Å²) in [5.41, 5.74) is 1.16. The molecular weight excluding hydrogens is 148 g/mol.